The first-order valence-corrected chi connectivity index (χ1v) is 4.69. The van der Waals surface area contributed by atoms with E-state index in [1.54, 1.807) is 0 Å². The summed E-state index contributed by atoms with van der Waals surface area (Å²) in [5.74, 6) is -1.51. The van der Waals surface area contributed by atoms with E-state index < -0.39 is 18.2 Å². The molecule has 0 aliphatic carbocycles. The second-order valence-corrected chi connectivity index (χ2v) is 3.44. The molecule has 1 aromatic heterocycles. The van der Waals surface area contributed by atoms with E-state index >= 15 is 0 Å². The summed E-state index contributed by atoms with van der Waals surface area (Å²) < 4.78 is 31.5. The van der Waals surface area contributed by atoms with Gasteiger partial charge in [0, 0.05) is 0 Å². The van der Waals surface area contributed by atoms with Crippen molar-refractivity contribution in [3.8, 4) is 11.3 Å². The molecule has 16 heavy (non-hydrogen) atoms. The van der Waals surface area contributed by atoms with Crippen molar-refractivity contribution < 1.29 is 18.3 Å². The fourth-order valence-electron chi connectivity index (χ4n) is 1.30. The van der Waals surface area contributed by atoms with Gasteiger partial charge in [-0.3, -0.25) is 0 Å². The Morgan fingerprint density at radius 1 is 1.31 bits per heavy atom. The molecule has 84 valence electrons. The molecule has 0 aliphatic heterocycles. The van der Waals surface area contributed by atoms with Crippen LogP contribution >= 0.6 is 11.6 Å². The van der Waals surface area contributed by atoms with E-state index in [-0.39, 0.29) is 22.0 Å². The molecule has 0 saturated heterocycles. The predicted octanol–water partition coefficient (Wildman–Crippen LogP) is 2.77. The molecule has 2 rings (SSSR count). The van der Waals surface area contributed by atoms with Crippen LogP contribution < -0.4 is 0 Å². The molecule has 0 bridgehead atoms. The Bertz CT molecular complexity index is 528. The van der Waals surface area contributed by atoms with Crippen LogP contribution in [-0.4, -0.2) is 10.1 Å². The second kappa shape index (κ2) is 4.19. The fourth-order valence-corrected chi connectivity index (χ4v) is 1.45. The maximum absolute atomic E-state index is 13.5. The molecular formula is C10H6ClF2NO2. The van der Waals surface area contributed by atoms with Crippen LogP contribution in [0.4, 0.5) is 8.78 Å². The summed E-state index contributed by atoms with van der Waals surface area (Å²) in [4.78, 5) is 3.67. The van der Waals surface area contributed by atoms with Crippen molar-refractivity contribution in [3.63, 3.8) is 0 Å². The molecule has 1 heterocycles. The molecule has 6 heteroatoms. The van der Waals surface area contributed by atoms with Gasteiger partial charge in [0.2, 0.25) is 0 Å². The maximum atomic E-state index is 13.5. The van der Waals surface area contributed by atoms with Crippen LogP contribution in [-0.2, 0) is 6.61 Å². The van der Waals surface area contributed by atoms with Gasteiger partial charge < -0.3 is 9.52 Å². The third kappa shape index (κ3) is 1.79. The summed E-state index contributed by atoms with van der Waals surface area (Å²) in [6.45, 7) is -0.421. The Labute approximate surface area is 94.3 Å². The van der Waals surface area contributed by atoms with Crippen molar-refractivity contribution in [2.24, 2.45) is 0 Å². The van der Waals surface area contributed by atoms with Gasteiger partial charge in [0.15, 0.2) is 12.2 Å². The van der Waals surface area contributed by atoms with Crippen LogP contribution in [0.5, 0.6) is 0 Å². The summed E-state index contributed by atoms with van der Waals surface area (Å²) in [5.41, 5.74) is 0.0177. The number of aliphatic hydroxyl groups is 1. The molecule has 2 aromatic rings. The zero-order valence-electron chi connectivity index (χ0n) is 7.88. The van der Waals surface area contributed by atoms with Crippen molar-refractivity contribution in [1.29, 1.82) is 0 Å². The van der Waals surface area contributed by atoms with Crippen molar-refractivity contribution in [1.82, 2.24) is 4.98 Å². The third-order valence-electron chi connectivity index (χ3n) is 2.05. The number of aromatic nitrogens is 1. The van der Waals surface area contributed by atoms with E-state index in [9.17, 15) is 8.78 Å². The van der Waals surface area contributed by atoms with Crippen LogP contribution in [0.2, 0.25) is 5.02 Å². The van der Waals surface area contributed by atoms with Crippen molar-refractivity contribution in [2.45, 2.75) is 6.61 Å². The minimum atomic E-state index is -0.765. The summed E-state index contributed by atoms with van der Waals surface area (Å²) >= 11 is 5.41. The molecule has 0 atom stereocenters. The van der Waals surface area contributed by atoms with E-state index in [0.29, 0.717) is 0 Å². The smallest absolute Gasteiger partial charge is 0.181 e. The second-order valence-electron chi connectivity index (χ2n) is 3.03. The minimum absolute atomic E-state index is 0.00410. The van der Waals surface area contributed by atoms with Crippen LogP contribution in [0.3, 0.4) is 0 Å². The number of nitrogens with zero attached hydrogens (tertiary/aromatic N) is 1. The minimum Gasteiger partial charge on any atom is -0.443 e. The lowest BCUT2D eigenvalue weighted by Crippen LogP contribution is -1.91. The lowest BCUT2D eigenvalue weighted by Gasteiger charge is -2.02. The average molecular weight is 246 g/mol. The van der Waals surface area contributed by atoms with Crippen molar-refractivity contribution in [3.05, 3.63) is 40.9 Å². The van der Waals surface area contributed by atoms with E-state index in [4.69, 9.17) is 21.1 Å². The molecule has 0 amide bonds. The third-order valence-corrected chi connectivity index (χ3v) is 2.34. The SMILES string of the molecule is OCc1ncoc1-c1cc(F)c(Cl)cc1F. The average Bonchev–Trinajstić information content (AvgIpc) is 2.71. The number of hydrogen-bond acceptors (Lipinski definition) is 3. The fraction of sp³-hybridized carbons (Fsp3) is 0.100. The lowest BCUT2D eigenvalue weighted by molar-refractivity contribution is 0.277. The highest BCUT2D eigenvalue weighted by Crippen LogP contribution is 2.29. The normalized spacial score (nSPS) is 10.8. The van der Waals surface area contributed by atoms with Gasteiger partial charge in [-0.1, -0.05) is 11.6 Å². The van der Waals surface area contributed by atoms with Gasteiger partial charge >= 0.3 is 0 Å². The van der Waals surface area contributed by atoms with E-state index in [2.05, 4.69) is 4.98 Å². The number of oxazole rings is 1. The van der Waals surface area contributed by atoms with E-state index in [1.807, 2.05) is 0 Å². The van der Waals surface area contributed by atoms with Crippen molar-refractivity contribution >= 4 is 11.6 Å². The Hall–Kier alpha value is -1.46. The van der Waals surface area contributed by atoms with Gasteiger partial charge in [-0.15, -0.1) is 0 Å². The molecule has 0 saturated carbocycles. The zero-order valence-corrected chi connectivity index (χ0v) is 8.63. The monoisotopic (exact) mass is 245 g/mol. The molecule has 1 aromatic carbocycles. The number of rotatable bonds is 2. The van der Waals surface area contributed by atoms with E-state index in [0.717, 1.165) is 18.5 Å². The van der Waals surface area contributed by atoms with Gasteiger partial charge in [-0.2, -0.15) is 0 Å². The van der Waals surface area contributed by atoms with Gasteiger partial charge in [-0.05, 0) is 12.1 Å². The number of aliphatic hydroxyl groups excluding tert-OH is 1. The highest BCUT2D eigenvalue weighted by atomic mass is 35.5. The number of halogens is 3. The quantitative estimate of drug-likeness (QED) is 0.828. The molecule has 0 fully saturated rings. The van der Waals surface area contributed by atoms with Gasteiger partial charge in [-0.25, -0.2) is 13.8 Å². The Balaban J connectivity index is 2.60. The first kappa shape index (κ1) is 11.0. The number of benzene rings is 1. The standard InChI is InChI=1S/C10H6ClF2NO2/c11-6-2-7(12)5(1-8(6)13)10-9(3-15)14-4-16-10/h1-2,4,15H,3H2. The maximum Gasteiger partial charge on any atom is 0.181 e. The first-order valence-electron chi connectivity index (χ1n) is 4.31. The lowest BCUT2D eigenvalue weighted by atomic mass is 10.1. The topological polar surface area (TPSA) is 46.3 Å². The molecule has 1 N–H and O–H groups in total. The van der Waals surface area contributed by atoms with Crippen LogP contribution in [0.15, 0.2) is 22.9 Å². The Morgan fingerprint density at radius 3 is 2.75 bits per heavy atom. The summed E-state index contributed by atoms with van der Waals surface area (Å²) in [5, 5.41) is 8.61. The van der Waals surface area contributed by atoms with Crippen molar-refractivity contribution in [2.75, 3.05) is 0 Å². The zero-order chi connectivity index (χ0) is 11.7. The molecule has 0 unspecified atom stereocenters. The largest absolute Gasteiger partial charge is 0.443 e. The molecule has 3 nitrogen and oxygen atoms in total. The van der Waals surface area contributed by atoms with Crippen LogP contribution in [0.1, 0.15) is 5.69 Å². The first-order chi connectivity index (χ1) is 7.63. The molecule has 0 spiro atoms. The van der Waals surface area contributed by atoms with E-state index in [1.165, 1.54) is 0 Å². The highest BCUT2D eigenvalue weighted by molar-refractivity contribution is 6.30. The van der Waals surface area contributed by atoms with Crippen LogP contribution in [0, 0.1) is 11.6 Å². The molecule has 0 aliphatic rings. The highest BCUT2D eigenvalue weighted by Gasteiger charge is 2.17. The van der Waals surface area contributed by atoms with Gasteiger partial charge in [0.05, 0.1) is 17.2 Å². The molecular weight excluding hydrogens is 240 g/mol. The Kier molecular flexibility index (Phi) is 2.89. The van der Waals surface area contributed by atoms with Gasteiger partial charge in [0.1, 0.15) is 17.3 Å². The summed E-state index contributed by atoms with van der Waals surface area (Å²) in [6, 6.07) is 1.74. The Morgan fingerprint density at radius 2 is 2.06 bits per heavy atom. The summed E-state index contributed by atoms with van der Waals surface area (Å²) in [7, 11) is 0. The summed E-state index contributed by atoms with van der Waals surface area (Å²) in [6.07, 6.45) is 1.05. The van der Waals surface area contributed by atoms with Gasteiger partial charge in [0.25, 0.3) is 0 Å². The number of hydrogen-bond donors (Lipinski definition) is 1. The molecule has 0 radical (unpaired) electrons. The predicted molar refractivity (Wildman–Crippen MR) is 52.8 cm³/mol. The van der Waals surface area contributed by atoms with Crippen LogP contribution in [0.25, 0.3) is 11.3 Å².